The molecule has 0 aromatic heterocycles. The zero-order chi connectivity index (χ0) is 22.3. The molecular formula is C23H25F2N5O. The lowest BCUT2D eigenvalue weighted by Gasteiger charge is -2.41. The van der Waals surface area contributed by atoms with Crippen LogP contribution in [0.4, 0.5) is 8.78 Å². The Morgan fingerprint density at radius 3 is 2.55 bits per heavy atom. The first-order valence-corrected chi connectivity index (χ1v) is 10.1. The second kappa shape index (κ2) is 10.0. The summed E-state index contributed by atoms with van der Waals surface area (Å²) in [6, 6.07) is 12.9. The Morgan fingerprint density at radius 1 is 1.19 bits per heavy atom. The SMILES string of the molecule is CN=C(NC#N)NC1CCC(CNC(=O)c2cc(F)ccc2F)(c2ccccc2)CC1. The molecule has 3 N–H and O–H groups in total. The van der Waals surface area contributed by atoms with Gasteiger partial charge in [-0.3, -0.25) is 15.1 Å². The fourth-order valence-electron chi connectivity index (χ4n) is 4.09. The number of halogens is 2. The van der Waals surface area contributed by atoms with E-state index in [-0.39, 0.29) is 17.0 Å². The Kier molecular flexibility index (Phi) is 7.19. The number of nitrogens with zero attached hydrogens (tertiary/aromatic N) is 2. The van der Waals surface area contributed by atoms with Gasteiger partial charge in [-0.05, 0) is 49.4 Å². The van der Waals surface area contributed by atoms with Gasteiger partial charge in [0.2, 0.25) is 5.96 Å². The van der Waals surface area contributed by atoms with Gasteiger partial charge in [-0.25, -0.2) is 8.78 Å². The van der Waals surface area contributed by atoms with Crippen LogP contribution in [0.3, 0.4) is 0 Å². The molecule has 3 rings (SSSR count). The number of guanidine groups is 1. The number of amides is 1. The minimum absolute atomic E-state index is 0.132. The van der Waals surface area contributed by atoms with Gasteiger partial charge in [-0.15, -0.1) is 0 Å². The van der Waals surface area contributed by atoms with Gasteiger partial charge >= 0.3 is 0 Å². The fraction of sp³-hybridized carbons (Fsp3) is 0.348. The fourth-order valence-corrected chi connectivity index (χ4v) is 4.09. The molecular weight excluding hydrogens is 400 g/mol. The van der Waals surface area contributed by atoms with Gasteiger partial charge in [0.1, 0.15) is 11.6 Å². The van der Waals surface area contributed by atoms with Crippen LogP contribution in [0.1, 0.15) is 41.6 Å². The molecule has 6 nitrogen and oxygen atoms in total. The van der Waals surface area contributed by atoms with Crippen molar-refractivity contribution < 1.29 is 13.6 Å². The number of aliphatic imine (C=N–C) groups is 1. The topological polar surface area (TPSA) is 89.3 Å². The second-order valence-electron chi connectivity index (χ2n) is 7.68. The predicted molar refractivity (Wildman–Crippen MR) is 114 cm³/mol. The Balaban J connectivity index is 1.74. The minimum atomic E-state index is -0.753. The summed E-state index contributed by atoms with van der Waals surface area (Å²) < 4.78 is 27.5. The molecule has 0 heterocycles. The van der Waals surface area contributed by atoms with Gasteiger partial charge in [0.15, 0.2) is 6.19 Å². The highest BCUT2D eigenvalue weighted by Gasteiger charge is 2.37. The molecule has 0 radical (unpaired) electrons. The molecule has 1 aliphatic carbocycles. The highest BCUT2D eigenvalue weighted by Crippen LogP contribution is 2.39. The third-order valence-corrected chi connectivity index (χ3v) is 5.83. The Hall–Kier alpha value is -3.47. The normalized spacial score (nSPS) is 21.1. The summed E-state index contributed by atoms with van der Waals surface area (Å²) in [5.74, 6) is -1.62. The van der Waals surface area contributed by atoms with Crippen molar-refractivity contribution in [1.29, 1.82) is 5.26 Å². The lowest BCUT2D eigenvalue weighted by Crippen LogP contribution is -2.49. The molecule has 31 heavy (non-hydrogen) atoms. The van der Waals surface area contributed by atoms with Crippen molar-refractivity contribution in [2.75, 3.05) is 13.6 Å². The number of hydrogen-bond donors (Lipinski definition) is 3. The Morgan fingerprint density at radius 2 is 1.90 bits per heavy atom. The van der Waals surface area contributed by atoms with Crippen molar-refractivity contribution in [1.82, 2.24) is 16.0 Å². The maximum absolute atomic E-state index is 14.0. The second-order valence-corrected chi connectivity index (χ2v) is 7.68. The van der Waals surface area contributed by atoms with Gasteiger partial charge in [-0.1, -0.05) is 30.3 Å². The first kappa shape index (κ1) is 22.2. The molecule has 8 heteroatoms. The first-order chi connectivity index (χ1) is 15.0. The Labute approximate surface area is 180 Å². The smallest absolute Gasteiger partial charge is 0.254 e. The maximum Gasteiger partial charge on any atom is 0.254 e. The molecule has 2 aromatic carbocycles. The predicted octanol–water partition coefficient (Wildman–Crippen LogP) is 3.22. The standard InChI is InChI=1S/C23H25F2N5O/c1-27-22(29-15-26)30-18-9-11-23(12-10-18,16-5-3-2-4-6-16)14-28-21(31)19-13-17(24)7-8-20(19)25/h2-8,13,18H,9-12,14H2,1H3,(H,28,31)(H2,27,29,30). The van der Waals surface area contributed by atoms with E-state index in [0.717, 1.165) is 49.4 Å². The molecule has 1 saturated carbocycles. The van der Waals surface area contributed by atoms with Gasteiger partial charge in [-0.2, -0.15) is 5.26 Å². The van der Waals surface area contributed by atoms with Crippen molar-refractivity contribution in [3.05, 3.63) is 71.3 Å². The van der Waals surface area contributed by atoms with Crippen LogP contribution in [-0.4, -0.2) is 31.5 Å². The van der Waals surface area contributed by atoms with Gasteiger partial charge < -0.3 is 10.6 Å². The quantitative estimate of drug-likeness (QED) is 0.297. The summed E-state index contributed by atoms with van der Waals surface area (Å²) in [6.45, 7) is 0.309. The van der Waals surface area contributed by atoms with Crippen molar-refractivity contribution in [2.24, 2.45) is 4.99 Å². The largest absolute Gasteiger partial charge is 0.353 e. The minimum Gasteiger partial charge on any atom is -0.353 e. The number of nitriles is 1. The van der Waals surface area contributed by atoms with E-state index in [1.807, 2.05) is 36.5 Å². The van der Waals surface area contributed by atoms with E-state index >= 15 is 0 Å². The van der Waals surface area contributed by atoms with E-state index in [1.165, 1.54) is 0 Å². The lowest BCUT2D eigenvalue weighted by molar-refractivity contribution is 0.0930. The average Bonchev–Trinajstić information content (AvgIpc) is 2.80. The Bertz CT molecular complexity index is 979. The number of nitrogens with one attached hydrogen (secondary N) is 3. The molecule has 0 atom stereocenters. The molecule has 2 aromatic rings. The summed E-state index contributed by atoms with van der Waals surface area (Å²) in [6.07, 6.45) is 4.99. The van der Waals surface area contributed by atoms with Crippen molar-refractivity contribution in [2.45, 2.75) is 37.1 Å². The summed E-state index contributed by atoms with van der Waals surface area (Å²) in [7, 11) is 1.60. The van der Waals surface area contributed by atoms with E-state index in [1.54, 1.807) is 7.05 Å². The van der Waals surface area contributed by atoms with Crippen LogP contribution in [0.2, 0.25) is 0 Å². The van der Waals surface area contributed by atoms with Crippen molar-refractivity contribution in [3.8, 4) is 6.19 Å². The van der Waals surface area contributed by atoms with Crippen LogP contribution < -0.4 is 16.0 Å². The summed E-state index contributed by atoms with van der Waals surface area (Å²) in [5.41, 5.74) is 0.461. The number of carbonyl (C=O) groups excluding carboxylic acids is 1. The number of benzene rings is 2. The van der Waals surface area contributed by atoms with Gasteiger partial charge in [0, 0.05) is 25.0 Å². The monoisotopic (exact) mass is 425 g/mol. The number of hydrogen-bond acceptors (Lipinski definition) is 3. The summed E-state index contributed by atoms with van der Waals surface area (Å²) >= 11 is 0. The molecule has 1 fully saturated rings. The highest BCUT2D eigenvalue weighted by atomic mass is 19.1. The molecule has 1 amide bonds. The van der Waals surface area contributed by atoms with Crippen LogP contribution >= 0.6 is 0 Å². The molecule has 0 saturated heterocycles. The van der Waals surface area contributed by atoms with Crippen LogP contribution in [0.25, 0.3) is 0 Å². The summed E-state index contributed by atoms with van der Waals surface area (Å²) in [5, 5.41) is 17.4. The molecule has 162 valence electrons. The van der Waals surface area contributed by atoms with E-state index in [0.29, 0.717) is 12.5 Å². The third-order valence-electron chi connectivity index (χ3n) is 5.83. The average molecular weight is 425 g/mol. The van der Waals surface area contributed by atoms with E-state index < -0.39 is 17.5 Å². The molecule has 0 unspecified atom stereocenters. The highest BCUT2D eigenvalue weighted by molar-refractivity contribution is 5.94. The first-order valence-electron chi connectivity index (χ1n) is 10.1. The molecule has 0 spiro atoms. The van der Waals surface area contributed by atoms with Crippen LogP contribution in [0.5, 0.6) is 0 Å². The lowest BCUT2D eigenvalue weighted by atomic mass is 9.68. The van der Waals surface area contributed by atoms with Gasteiger partial charge in [0.05, 0.1) is 5.56 Å². The zero-order valence-corrected chi connectivity index (χ0v) is 17.3. The number of rotatable bonds is 5. The third kappa shape index (κ3) is 5.37. The van der Waals surface area contributed by atoms with Crippen molar-refractivity contribution >= 4 is 11.9 Å². The molecule has 0 bridgehead atoms. The summed E-state index contributed by atoms with van der Waals surface area (Å²) in [4.78, 5) is 16.6. The van der Waals surface area contributed by atoms with E-state index in [4.69, 9.17) is 5.26 Å². The van der Waals surface area contributed by atoms with Gasteiger partial charge in [0.25, 0.3) is 5.91 Å². The zero-order valence-electron chi connectivity index (χ0n) is 17.3. The maximum atomic E-state index is 14.0. The van der Waals surface area contributed by atoms with Crippen LogP contribution in [0.15, 0.2) is 53.5 Å². The van der Waals surface area contributed by atoms with Crippen molar-refractivity contribution in [3.63, 3.8) is 0 Å². The molecule has 0 aliphatic heterocycles. The van der Waals surface area contributed by atoms with E-state index in [2.05, 4.69) is 20.9 Å². The van der Waals surface area contributed by atoms with Crippen LogP contribution in [0, 0.1) is 23.1 Å². The molecule has 1 aliphatic rings. The van der Waals surface area contributed by atoms with E-state index in [9.17, 15) is 13.6 Å². The number of carbonyl (C=O) groups is 1. The van der Waals surface area contributed by atoms with Crippen LogP contribution in [-0.2, 0) is 5.41 Å².